The second-order valence-corrected chi connectivity index (χ2v) is 8.63. The average molecular weight is 452 g/mol. The predicted molar refractivity (Wildman–Crippen MR) is 124 cm³/mol. The monoisotopic (exact) mass is 452 g/mol. The van der Waals surface area contributed by atoms with Crippen LogP contribution >= 0.6 is 0 Å². The lowest BCUT2D eigenvalue weighted by Gasteiger charge is -2.37. The molecule has 5 rings (SSSR count). The number of carbonyl (C=O) groups is 1. The van der Waals surface area contributed by atoms with Crippen molar-refractivity contribution in [2.24, 2.45) is 0 Å². The average Bonchev–Trinajstić information content (AvgIpc) is 2.79. The molecule has 1 amide bonds. The summed E-state index contributed by atoms with van der Waals surface area (Å²) in [5.74, 6) is -0.980. The van der Waals surface area contributed by atoms with Crippen molar-refractivity contribution in [3.8, 4) is 11.5 Å². The van der Waals surface area contributed by atoms with Gasteiger partial charge in [0.1, 0.15) is 23.6 Å². The lowest BCUT2D eigenvalue weighted by atomic mass is 10.0. The van der Waals surface area contributed by atoms with E-state index in [9.17, 15) is 14.7 Å². The van der Waals surface area contributed by atoms with Crippen LogP contribution in [0.25, 0.3) is 10.9 Å². The number of piperazine rings is 1. The summed E-state index contributed by atoms with van der Waals surface area (Å²) in [6.07, 6.45) is 1.50. The van der Waals surface area contributed by atoms with Gasteiger partial charge in [-0.1, -0.05) is 12.1 Å². The van der Waals surface area contributed by atoms with Gasteiger partial charge in [0.2, 0.25) is 5.43 Å². The molecule has 2 N–H and O–H groups in total. The largest absolute Gasteiger partial charge is 0.506 e. The number of amides is 1. The molecule has 2 aliphatic rings. The topological polar surface area (TPSA) is 87.0 Å². The number of aromatic hydroxyl groups is 1. The molecule has 8 nitrogen and oxygen atoms in total. The highest BCUT2D eigenvalue weighted by Crippen LogP contribution is 2.42. The Labute approximate surface area is 189 Å². The van der Waals surface area contributed by atoms with Crippen LogP contribution in [0, 0.1) is 5.82 Å². The first-order chi connectivity index (χ1) is 15.8. The Hall–Kier alpha value is -3.59. The van der Waals surface area contributed by atoms with E-state index in [0.717, 1.165) is 13.1 Å². The fraction of sp³-hybridized carbons (Fsp3) is 0.333. The first-order valence-electron chi connectivity index (χ1n) is 10.9. The molecule has 1 aromatic heterocycles. The highest BCUT2D eigenvalue weighted by molar-refractivity contribution is 6.07. The maximum Gasteiger partial charge on any atom is 0.261 e. The number of carbonyl (C=O) groups excluding carboxylic acids is 1. The van der Waals surface area contributed by atoms with Gasteiger partial charge in [0.15, 0.2) is 11.6 Å². The van der Waals surface area contributed by atoms with Gasteiger partial charge in [0.25, 0.3) is 5.91 Å². The number of hydrogen-bond acceptors (Lipinski definition) is 6. The number of anilines is 2. The number of para-hydroxylation sites is 2. The number of aromatic nitrogens is 1. The van der Waals surface area contributed by atoms with E-state index < -0.39 is 17.2 Å². The molecule has 2 aromatic carbocycles. The molecule has 0 saturated carbocycles. The molecule has 3 heterocycles. The molecule has 1 fully saturated rings. The number of pyridine rings is 1. The van der Waals surface area contributed by atoms with Crippen molar-refractivity contribution in [3.63, 3.8) is 0 Å². The fourth-order valence-corrected chi connectivity index (χ4v) is 4.47. The van der Waals surface area contributed by atoms with Gasteiger partial charge in [-0.2, -0.15) is 0 Å². The molecule has 172 valence electrons. The summed E-state index contributed by atoms with van der Waals surface area (Å²) >= 11 is 0. The molecule has 3 aromatic rings. The van der Waals surface area contributed by atoms with E-state index in [1.54, 1.807) is 12.1 Å². The summed E-state index contributed by atoms with van der Waals surface area (Å²) in [7, 11) is 2.02. The number of likely N-dealkylation sites (N-methyl/N-ethyl adjacent to an activating group) is 1. The maximum absolute atomic E-state index is 15.4. The fourth-order valence-electron chi connectivity index (χ4n) is 4.47. The Morgan fingerprint density at radius 1 is 1.21 bits per heavy atom. The van der Waals surface area contributed by atoms with Crippen molar-refractivity contribution in [1.82, 2.24) is 9.47 Å². The van der Waals surface area contributed by atoms with E-state index in [1.807, 2.05) is 23.4 Å². The number of ether oxygens (including phenoxy) is 1. The van der Waals surface area contributed by atoms with E-state index in [1.165, 1.54) is 24.4 Å². The normalized spacial score (nSPS) is 18.3. The summed E-state index contributed by atoms with van der Waals surface area (Å²) < 4.78 is 23.2. The minimum absolute atomic E-state index is 0.0943. The summed E-state index contributed by atoms with van der Waals surface area (Å²) in [4.78, 5) is 30.4. The number of benzene rings is 2. The lowest BCUT2D eigenvalue weighted by molar-refractivity contribution is 0.102. The minimum Gasteiger partial charge on any atom is -0.506 e. The Balaban J connectivity index is 1.65. The quantitative estimate of drug-likeness (QED) is 0.595. The molecule has 0 unspecified atom stereocenters. The van der Waals surface area contributed by atoms with E-state index in [4.69, 9.17) is 4.74 Å². The Morgan fingerprint density at radius 3 is 2.67 bits per heavy atom. The molecule has 1 saturated heterocycles. The molecular formula is C24H25FN4O4. The van der Waals surface area contributed by atoms with Crippen LogP contribution in [-0.2, 0) is 0 Å². The van der Waals surface area contributed by atoms with Gasteiger partial charge in [0.05, 0.1) is 22.6 Å². The minimum atomic E-state index is -0.670. The van der Waals surface area contributed by atoms with Crippen LogP contribution in [0.1, 0.15) is 23.3 Å². The van der Waals surface area contributed by atoms with E-state index in [2.05, 4.69) is 10.2 Å². The van der Waals surface area contributed by atoms with E-state index in [-0.39, 0.29) is 35.0 Å². The standard InChI is InChI=1S/C24H25FN4O4/c1-14-13-33-23-20-15(11-17(25)21(23)28-9-7-27(2)8-10-28)22(31)16(12-29(14)20)24(32)26-18-5-3-4-6-19(18)30/h3-6,11-12,14,30H,7-10,13H2,1-2H3,(H,26,32)/t14-/m1/s1. The van der Waals surface area contributed by atoms with Crippen LogP contribution in [0.15, 0.2) is 41.3 Å². The number of hydrogen-bond donors (Lipinski definition) is 2. The van der Waals surface area contributed by atoms with E-state index >= 15 is 4.39 Å². The van der Waals surface area contributed by atoms with Gasteiger partial charge in [-0.15, -0.1) is 0 Å². The zero-order valence-electron chi connectivity index (χ0n) is 18.5. The number of nitrogens with one attached hydrogen (secondary N) is 1. The van der Waals surface area contributed by atoms with Crippen LogP contribution in [0.3, 0.4) is 0 Å². The van der Waals surface area contributed by atoms with Crippen LogP contribution < -0.4 is 20.4 Å². The number of phenols is 1. The molecule has 0 radical (unpaired) electrons. The van der Waals surface area contributed by atoms with Crippen LogP contribution in [0.4, 0.5) is 15.8 Å². The molecule has 0 spiro atoms. The van der Waals surface area contributed by atoms with Crippen molar-refractivity contribution in [2.75, 3.05) is 50.1 Å². The van der Waals surface area contributed by atoms with Crippen LogP contribution in [0.5, 0.6) is 11.5 Å². The van der Waals surface area contributed by atoms with Crippen LogP contribution in [0.2, 0.25) is 0 Å². The van der Waals surface area contributed by atoms with Crippen molar-refractivity contribution in [1.29, 1.82) is 0 Å². The first kappa shape index (κ1) is 21.3. The number of rotatable bonds is 3. The molecule has 2 aliphatic heterocycles. The van der Waals surface area contributed by atoms with Crippen molar-refractivity contribution < 1.29 is 19.0 Å². The van der Waals surface area contributed by atoms with Gasteiger partial charge in [0, 0.05) is 32.4 Å². The molecule has 1 atom stereocenters. The SMILES string of the molecule is C[C@@H]1COc2c(N3CCN(C)CC3)c(F)cc3c(=O)c(C(=O)Nc4ccccc4O)cn1c23. The summed E-state index contributed by atoms with van der Waals surface area (Å²) in [5, 5.41) is 12.6. The smallest absolute Gasteiger partial charge is 0.261 e. The second-order valence-electron chi connectivity index (χ2n) is 8.63. The first-order valence-corrected chi connectivity index (χ1v) is 10.9. The summed E-state index contributed by atoms with van der Waals surface area (Å²) in [5.41, 5.74) is 0.332. The maximum atomic E-state index is 15.4. The highest BCUT2D eigenvalue weighted by atomic mass is 19.1. The van der Waals surface area contributed by atoms with E-state index in [0.29, 0.717) is 30.0 Å². The number of nitrogens with zero attached hydrogens (tertiary/aromatic N) is 3. The Kier molecular flexibility index (Phi) is 5.20. The number of phenolic OH excluding ortho intramolecular Hbond substituents is 1. The number of halogens is 1. The molecular weight excluding hydrogens is 427 g/mol. The Bertz CT molecular complexity index is 1310. The van der Waals surface area contributed by atoms with Gasteiger partial charge in [-0.25, -0.2) is 4.39 Å². The molecule has 0 bridgehead atoms. The van der Waals surface area contributed by atoms with Gasteiger partial charge < -0.3 is 29.5 Å². The zero-order valence-corrected chi connectivity index (χ0v) is 18.5. The third-order valence-electron chi connectivity index (χ3n) is 6.36. The van der Waals surface area contributed by atoms with Crippen molar-refractivity contribution in [3.05, 3.63) is 58.1 Å². The van der Waals surface area contributed by atoms with Gasteiger partial charge >= 0.3 is 0 Å². The highest BCUT2D eigenvalue weighted by Gasteiger charge is 2.31. The lowest BCUT2D eigenvalue weighted by Crippen LogP contribution is -2.45. The molecule has 9 heteroatoms. The van der Waals surface area contributed by atoms with Crippen molar-refractivity contribution >= 4 is 28.2 Å². The summed E-state index contributed by atoms with van der Waals surface area (Å²) in [6, 6.07) is 7.31. The third kappa shape index (κ3) is 3.58. The second kappa shape index (κ2) is 8.08. The van der Waals surface area contributed by atoms with Crippen LogP contribution in [-0.4, -0.2) is 60.3 Å². The molecule has 33 heavy (non-hydrogen) atoms. The third-order valence-corrected chi connectivity index (χ3v) is 6.36. The van der Waals surface area contributed by atoms with Crippen molar-refractivity contribution in [2.45, 2.75) is 13.0 Å². The van der Waals surface area contributed by atoms with Gasteiger partial charge in [-0.05, 0) is 32.2 Å². The molecule has 0 aliphatic carbocycles. The van der Waals surface area contributed by atoms with Gasteiger partial charge in [-0.3, -0.25) is 9.59 Å². The zero-order chi connectivity index (χ0) is 23.3. The predicted octanol–water partition coefficient (Wildman–Crippen LogP) is 2.80. The Morgan fingerprint density at radius 2 is 1.94 bits per heavy atom. The summed E-state index contributed by atoms with van der Waals surface area (Å²) in [6.45, 7) is 5.09.